The van der Waals surface area contributed by atoms with E-state index in [4.69, 9.17) is 5.11 Å². The number of nitrogens with zero attached hydrogens (tertiary/aromatic N) is 5. The van der Waals surface area contributed by atoms with Crippen molar-refractivity contribution in [2.45, 2.75) is 25.1 Å². The maximum Gasteiger partial charge on any atom is 0.419 e. The van der Waals surface area contributed by atoms with E-state index >= 15 is 0 Å². The normalized spacial score (nSPS) is 20.8. The van der Waals surface area contributed by atoms with E-state index in [0.717, 1.165) is 18.8 Å². The highest BCUT2D eigenvalue weighted by molar-refractivity contribution is 5.75. The van der Waals surface area contributed by atoms with E-state index in [9.17, 15) is 22.8 Å². The molecule has 3 rings (SSSR count). The Bertz CT molecular complexity index is 707. The van der Waals surface area contributed by atoms with Crippen LogP contribution in [-0.4, -0.2) is 82.3 Å². The van der Waals surface area contributed by atoms with Crippen molar-refractivity contribution >= 4 is 18.1 Å². The van der Waals surface area contributed by atoms with Crippen LogP contribution in [0.4, 0.5) is 28.7 Å². The molecular weight excluding hydrogens is 381 g/mol. The second-order valence-corrected chi connectivity index (χ2v) is 6.76. The highest BCUT2D eigenvalue weighted by atomic mass is 19.4. The third-order valence-electron chi connectivity index (χ3n) is 4.82. The van der Waals surface area contributed by atoms with Gasteiger partial charge in [-0.25, -0.2) is 19.6 Å². The summed E-state index contributed by atoms with van der Waals surface area (Å²) in [6.45, 7) is 2.48. The Labute approximate surface area is 159 Å². The Morgan fingerprint density at radius 2 is 1.71 bits per heavy atom. The summed E-state index contributed by atoms with van der Waals surface area (Å²) in [5.41, 5.74) is -0.903. The summed E-state index contributed by atoms with van der Waals surface area (Å²) in [5.74, 6) is 0.198. The SMILES string of the molecule is O=C(O)NC1CCCN(C(=O)N2CCN(c3ncc(C(F)(F)F)cn3)CC2)C1. The van der Waals surface area contributed by atoms with E-state index in [0.29, 0.717) is 45.7 Å². The number of hydrogen-bond acceptors (Lipinski definition) is 5. The molecule has 0 saturated carbocycles. The minimum Gasteiger partial charge on any atom is -0.465 e. The second-order valence-electron chi connectivity index (χ2n) is 6.76. The predicted molar refractivity (Wildman–Crippen MR) is 92.0 cm³/mol. The van der Waals surface area contributed by atoms with Gasteiger partial charge in [0.1, 0.15) is 0 Å². The first-order valence-corrected chi connectivity index (χ1v) is 8.91. The van der Waals surface area contributed by atoms with Gasteiger partial charge in [0.15, 0.2) is 0 Å². The number of piperidine rings is 1. The Morgan fingerprint density at radius 1 is 1.07 bits per heavy atom. The molecule has 0 radical (unpaired) electrons. The standard InChI is InChI=1S/C16H21F3N6O3/c17-16(18,19)11-8-20-13(21-9-11)23-4-6-24(7-5-23)15(28)25-3-1-2-12(10-25)22-14(26)27/h8-9,12,22H,1-7,10H2,(H,26,27). The molecule has 3 amide bonds. The quantitative estimate of drug-likeness (QED) is 0.777. The zero-order valence-electron chi connectivity index (χ0n) is 15.0. The van der Waals surface area contributed by atoms with Crippen molar-refractivity contribution in [3.8, 4) is 0 Å². The number of anilines is 1. The summed E-state index contributed by atoms with van der Waals surface area (Å²) in [5, 5.41) is 11.2. The van der Waals surface area contributed by atoms with Crippen molar-refractivity contribution in [1.29, 1.82) is 0 Å². The zero-order chi connectivity index (χ0) is 20.3. The van der Waals surface area contributed by atoms with E-state index in [1.54, 1.807) is 14.7 Å². The summed E-state index contributed by atoms with van der Waals surface area (Å²) in [4.78, 5) is 36.1. The number of halogens is 3. The van der Waals surface area contributed by atoms with Gasteiger partial charge in [-0.3, -0.25) is 0 Å². The number of rotatable bonds is 2. The van der Waals surface area contributed by atoms with Gasteiger partial charge in [0.2, 0.25) is 5.95 Å². The highest BCUT2D eigenvalue weighted by Gasteiger charge is 2.33. The lowest BCUT2D eigenvalue weighted by molar-refractivity contribution is -0.138. The topological polar surface area (TPSA) is 102 Å². The maximum atomic E-state index is 12.7. The molecule has 2 saturated heterocycles. The van der Waals surface area contributed by atoms with E-state index < -0.39 is 17.8 Å². The van der Waals surface area contributed by atoms with Crippen LogP contribution in [0, 0.1) is 0 Å². The molecule has 12 heteroatoms. The van der Waals surface area contributed by atoms with E-state index in [1.165, 1.54) is 0 Å². The predicted octanol–water partition coefficient (Wildman–Crippen LogP) is 1.47. The summed E-state index contributed by atoms with van der Waals surface area (Å²) < 4.78 is 37.8. The van der Waals surface area contributed by atoms with Gasteiger partial charge < -0.3 is 25.1 Å². The molecule has 154 valence electrons. The van der Waals surface area contributed by atoms with E-state index in [-0.39, 0.29) is 18.0 Å². The molecule has 1 atom stereocenters. The molecule has 2 fully saturated rings. The number of nitrogens with one attached hydrogen (secondary N) is 1. The van der Waals surface area contributed by atoms with E-state index in [1.807, 2.05) is 0 Å². The first kappa shape index (κ1) is 20.0. The lowest BCUT2D eigenvalue weighted by Crippen LogP contribution is -2.57. The minimum absolute atomic E-state index is 0.162. The lowest BCUT2D eigenvalue weighted by Gasteiger charge is -2.40. The molecule has 2 aliphatic rings. The van der Waals surface area contributed by atoms with Gasteiger partial charge in [-0.1, -0.05) is 0 Å². The van der Waals surface area contributed by atoms with Crippen molar-refractivity contribution in [3.05, 3.63) is 18.0 Å². The van der Waals surface area contributed by atoms with Crippen molar-refractivity contribution in [1.82, 2.24) is 25.1 Å². The fourth-order valence-corrected chi connectivity index (χ4v) is 3.37. The van der Waals surface area contributed by atoms with Gasteiger partial charge in [0, 0.05) is 57.7 Å². The van der Waals surface area contributed by atoms with Crippen molar-refractivity contribution in [2.24, 2.45) is 0 Å². The largest absolute Gasteiger partial charge is 0.465 e. The fraction of sp³-hybridized carbons (Fsp3) is 0.625. The summed E-state index contributed by atoms with van der Waals surface area (Å²) >= 11 is 0. The molecule has 3 heterocycles. The molecule has 0 bridgehead atoms. The molecular formula is C16H21F3N6O3. The van der Waals surface area contributed by atoms with Crippen LogP contribution >= 0.6 is 0 Å². The number of amides is 3. The molecule has 0 aromatic carbocycles. The second kappa shape index (κ2) is 8.07. The van der Waals surface area contributed by atoms with E-state index in [2.05, 4.69) is 15.3 Å². The number of aromatic nitrogens is 2. The Balaban J connectivity index is 1.53. The van der Waals surface area contributed by atoms with Crippen LogP contribution in [0.25, 0.3) is 0 Å². The molecule has 28 heavy (non-hydrogen) atoms. The first-order valence-electron chi connectivity index (χ1n) is 8.91. The van der Waals surface area contributed by atoms with Gasteiger partial charge in [-0.2, -0.15) is 13.2 Å². The summed E-state index contributed by atoms with van der Waals surface area (Å²) in [6.07, 6.45) is -2.67. The van der Waals surface area contributed by atoms with Gasteiger partial charge >= 0.3 is 18.3 Å². The minimum atomic E-state index is -4.48. The summed E-state index contributed by atoms with van der Waals surface area (Å²) in [6, 6.07) is -0.443. The Hall–Kier alpha value is -2.79. The molecule has 1 aromatic rings. The fourth-order valence-electron chi connectivity index (χ4n) is 3.37. The third-order valence-corrected chi connectivity index (χ3v) is 4.82. The van der Waals surface area contributed by atoms with Crippen LogP contribution in [0.1, 0.15) is 18.4 Å². The summed E-state index contributed by atoms with van der Waals surface area (Å²) in [7, 11) is 0. The van der Waals surface area contributed by atoms with Gasteiger partial charge in [-0.15, -0.1) is 0 Å². The first-order chi connectivity index (χ1) is 13.2. The maximum absolute atomic E-state index is 12.7. The number of carbonyl (C=O) groups is 2. The molecule has 1 aromatic heterocycles. The van der Waals surface area contributed by atoms with Gasteiger partial charge in [0.25, 0.3) is 0 Å². The van der Waals surface area contributed by atoms with Crippen LogP contribution in [0.15, 0.2) is 12.4 Å². The number of urea groups is 1. The van der Waals surface area contributed by atoms with Crippen molar-refractivity contribution < 1.29 is 27.9 Å². The zero-order valence-corrected chi connectivity index (χ0v) is 15.0. The number of alkyl halides is 3. The monoisotopic (exact) mass is 402 g/mol. The molecule has 2 aliphatic heterocycles. The Kier molecular flexibility index (Phi) is 5.75. The van der Waals surface area contributed by atoms with Crippen molar-refractivity contribution in [3.63, 3.8) is 0 Å². The number of hydrogen-bond donors (Lipinski definition) is 2. The lowest BCUT2D eigenvalue weighted by atomic mass is 10.1. The Morgan fingerprint density at radius 3 is 2.29 bits per heavy atom. The van der Waals surface area contributed by atoms with Crippen LogP contribution in [-0.2, 0) is 6.18 Å². The number of piperazine rings is 1. The molecule has 1 unspecified atom stereocenters. The average molecular weight is 402 g/mol. The number of likely N-dealkylation sites (tertiary alicyclic amines) is 1. The average Bonchev–Trinajstić information content (AvgIpc) is 2.67. The van der Waals surface area contributed by atoms with Gasteiger partial charge in [0.05, 0.1) is 5.56 Å². The smallest absolute Gasteiger partial charge is 0.419 e. The number of carboxylic acid groups (broad SMARTS) is 1. The molecule has 9 nitrogen and oxygen atoms in total. The van der Waals surface area contributed by atoms with Crippen LogP contribution in [0.5, 0.6) is 0 Å². The third kappa shape index (κ3) is 4.73. The van der Waals surface area contributed by atoms with Gasteiger partial charge in [-0.05, 0) is 12.8 Å². The highest BCUT2D eigenvalue weighted by Crippen LogP contribution is 2.28. The van der Waals surface area contributed by atoms with Crippen molar-refractivity contribution in [2.75, 3.05) is 44.2 Å². The molecule has 2 N–H and O–H groups in total. The van der Waals surface area contributed by atoms with Crippen LogP contribution in [0.2, 0.25) is 0 Å². The number of carbonyl (C=O) groups excluding carboxylic acids is 1. The molecule has 0 spiro atoms. The van der Waals surface area contributed by atoms with Crippen LogP contribution < -0.4 is 10.2 Å². The molecule has 0 aliphatic carbocycles. The van der Waals surface area contributed by atoms with Crippen LogP contribution in [0.3, 0.4) is 0 Å².